The summed E-state index contributed by atoms with van der Waals surface area (Å²) in [6.45, 7) is 4.00. The first-order valence-electron chi connectivity index (χ1n) is 6.54. The summed E-state index contributed by atoms with van der Waals surface area (Å²) >= 11 is 5.71. The molecule has 2 unspecified atom stereocenters. The van der Waals surface area contributed by atoms with E-state index < -0.39 is 16.6 Å². The van der Waals surface area contributed by atoms with E-state index in [9.17, 15) is 8.60 Å². The lowest BCUT2D eigenvalue weighted by molar-refractivity contribution is 0.626. The van der Waals surface area contributed by atoms with Crippen LogP contribution in [-0.4, -0.2) is 9.96 Å². The predicted octanol–water partition coefficient (Wildman–Crippen LogP) is 3.90. The summed E-state index contributed by atoms with van der Waals surface area (Å²) in [5.74, 6) is -0.249. The van der Waals surface area contributed by atoms with E-state index in [1.54, 1.807) is 0 Å². The molecule has 0 aromatic heterocycles. The average molecular weight is 326 g/mol. The van der Waals surface area contributed by atoms with Crippen LogP contribution in [0.1, 0.15) is 22.7 Å². The van der Waals surface area contributed by atoms with Crippen molar-refractivity contribution in [3.8, 4) is 0 Å². The Bertz CT molecular complexity index is 670. The van der Waals surface area contributed by atoms with Crippen LogP contribution in [0.15, 0.2) is 41.3 Å². The molecule has 0 saturated carbocycles. The summed E-state index contributed by atoms with van der Waals surface area (Å²) in [4.78, 5) is 0.487. The van der Waals surface area contributed by atoms with Crippen molar-refractivity contribution in [3.05, 3.63) is 63.9 Å². The Morgan fingerprint density at radius 2 is 1.81 bits per heavy atom. The standard InChI is InChI=1S/C16H17ClFNOS/c1-10-5-11(2)7-12(6-10)16(19)9-21(20)13-3-4-15(18)14(17)8-13/h3-8,16H,9,19H2,1-2H3. The van der Waals surface area contributed by atoms with Gasteiger partial charge < -0.3 is 5.73 Å². The molecule has 21 heavy (non-hydrogen) atoms. The fourth-order valence-corrected chi connectivity index (χ4v) is 3.62. The zero-order valence-corrected chi connectivity index (χ0v) is 13.5. The predicted molar refractivity (Wildman–Crippen MR) is 85.5 cm³/mol. The van der Waals surface area contributed by atoms with Crippen molar-refractivity contribution >= 4 is 22.4 Å². The van der Waals surface area contributed by atoms with Crippen LogP contribution in [0.25, 0.3) is 0 Å². The second kappa shape index (κ2) is 6.69. The fraction of sp³-hybridized carbons (Fsp3) is 0.250. The Labute approximate surface area is 131 Å². The molecule has 2 atom stereocenters. The minimum atomic E-state index is -1.32. The van der Waals surface area contributed by atoms with Crippen LogP contribution >= 0.6 is 11.6 Å². The van der Waals surface area contributed by atoms with Crippen LogP contribution in [-0.2, 0) is 10.8 Å². The zero-order valence-electron chi connectivity index (χ0n) is 11.9. The molecule has 2 rings (SSSR count). The first kappa shape index (κ1) is 16.1. The third-order valence-corrected chi connectivity index (χ3v) is 4.89. The van der Waals surface area contributed by atoms with Crippen molar-refractivity contribution in [1.29, 1.82) is 0 Å². The first-order valence-corrected chi connectivity index (χ1v) is 8.23. The van der Waals surface area contributed by atoms with Crippen LogP contribution in [0, 0.1) is 19.7 Å². The summed E-state index contributed by atoms with van der Waals surface area (Å²) in [6.07, 6.45) is 0. The molecule has 2 aromatic rings. The number of rotatable bonds is 4. The van der Waals surface area contributed by atoms with Crippen LogP contribution in [0.3, 0.4) is 0 Å². The van der Waals surface area contributed by atoms with Gasteiger partial charge in [-0.05, 0) is 37.6 Å². The highest BCUT2D eigenvalue weighted by Gasteiger charge is 2.14. The van der Waals surface area contributed by atoms with Gasteiger partial charge in [-0.3, -0.25) is 4.21 Å². The molecule has 2 nitrogen and oxygen atoms in total. The number of hydrogen-bond acceptors (Lipinski definition) is 2. The summed E-state index contributed by atoms with van der Waals surface area (Å²) in [7, 11) is -1.32. The highest BCUT2D eigenvalue weighted by atomic mass is 35.5. The monoisotopic (exact) mass is 325 g/mol. The number of aryl methyl sites for hydroxylation is 2. The van der Waals surface area contributed by atoms with E-state index >= 15 is 0 Å². The maximum Gasteiger partial charge on any atom is 0.141 e. The molecule has 2 N–H and O–H groups in total. The second-order valence-corrected chi connectivity index (χ2v) is 7.02. The lowest BCUT2D eigenvalue weighted by atomic mass is 10.0. The summed E-state index contributed by atoms with van der Waals surface area (Å²) in [5.41, 5.74) is 9.33. The van der Waals surface area contributed by atoms with E-state index in [1.807, 2.05) is 26.0 Å². The lowest BCUT2D eigenvalue weighted by Crippen LogP contribution is -2.18. The van der Waals surface area contributed by atoms with Crippen molar-refractivity contribution in [2.45, 2.75) is 24.8 Å². The number of nitrogens with two attached hydrogens (primary N) is 1. The van der Waals surface area contributed by atoms with E-state index in [4.69, 9.17) is 17.3 Å². The molecule has 0 aliphatic carbocycles. The van der Waals surface area contributed by atoms with Crippen molar-refractivity contribution in [3.63, 3.8) is 0 Å². The van der Waals surface area contributed by atoms with Gasteiger partial charge in [0.05, 0.1) is 15.8 Å². The van der Waals surface area contributed by atoms with Gasteiger partial charge in [-0.25, -0.2) is 4.39 Å². The maximum absolute atomic E-state index is 13.1. The molecule has 2 aromatic carbocycles. The van der Waals surface area contributed by atoms with Gasteiger partial charge in [0.2, 0.25) is 0 Å². The van der Waals surface area contributed by atoms with Crippen molar-refractivity contribution in [1.82, 2.24) is 0 Å². The second-order valence-electron chi connectivity index (χ2n) is 5.12. The van der Waals surface area contributed by atoms with Gasteiger partial charge in [0.25, 0.3) is 0 Å². The normalized spacial score (nSPS) is 14.0. The van der Waals surface area contributed by atoms with E-state index in [0.29, 0.717) is 4.90 Å². The lowest BCUT2D eigenvalue weighted by Gasteiger charge is -2.14. The number of hydrogen-bond donors (Lipinski definition) is 1. The molecule has 0 radical (unpaired) electrons. The largest absolute Gasteiger partial charge is 0.323 e. The third-order valence-electron chi connectivity index (χ3n) is 3.16. The quantitative estimate of drug-likeness (QED) is 0.926. The van der Waals surface area contributed by atoms with Crippen molar-refractivity contribution < 1.29 is 8.60 Å². The van der Waals surface area contributed by atoms with Crippen molar-refractivity contribution in [2.24, 2.45) is 5.73 Å². The number of benzene rings is 2. The first-order chi connectivity index (χ1) is 9.86. The van der Waals surface area contributed by atoms with Gasteiger partial charge in [-0.15, -0.1) is 0 Å². The Morgan fingerprint density at radius 1 is 1.19 bits per heavy atom. The van der Waals surface area contributed by atoms with Crippen LogP contribution in [0.2, 0.25) is 5.02 Å². The summed E-state index contributed by atoms with van der Waals surface area (Å²) in [5, 5.41) is -0.0270. The molecule has 0 fully saturated rings. The van der Waals surface area contributed by atoms with Gasteiger partial charge in [-0.1, -0.05) is 40.9 Å². The number of halogens is 2. The average Bonchev–Trinajstić information content (AvgIpc) is 2.40. The van der Waals surface area contributed by atoms with Crippen molar-refractivity contribution in [2.75, 3.05) is 5.75 Å². The molecular weight excluding hydrogens is 309 g/mol. The Hall–Kier alpha value is -1.23. The summed E-state index contributed by atoms with van der Waals surface area (Å²) < 4.78 is 25.4. The maximum atomic E-state index is 13.1. The van der Waals surface area contributed by atoms with Gasteiger partial charge >= 0.3 is 0 Å². The topological polar surface area (TPSA) is 43.1 Å². The van der Waals surface area contributed by atoms with Gasteiger partial charge in [-0.2, -0.15) is 0 Å². The Morgan fingerprint density at radius 3 is 2.38 bits per heavy atom. The molecule has 112 valence electrons. The van der Waals surface area contributed by atoms with E-state index in [1.165, 1.54) is 18.2 Å². The van der Waals surface area contributed by atoms with Crippen LogP contribution < -0.4 is 5.73 Å². The van der Waals surface area contributed by atoms with Gasteiger partial charge in [0.1, 0.15) is 5.82 Å². The molecule has 0 bridgehead atoms. The van der Waals surface area contributed by atoms with Crippen LogP contribution in [0.4, 0.5) is 4.39 Å². The smallest absolute Gasteiger partial charge is 0.141 e. The molecular formula is C16H17ClFNOS. The summed E-state index contributed by atoms with van der Waals surface area (Å²) in [6, 6.07) is 9.80. The van der Waals surface area contributed by atoms with E-state index in [0.717, 1.165) is 16.7 Å². The molecule has 0 heterocycles. The third kappa shape index (κ3) is 4.13. The minimum absolute atomic E-state index is 0.0270. The van der Waals surface area contributed by atoms with E-state index in [-0.39, 0.29) is 16.8 Å². The highest BCUT2D eigenvalue weighted by Crippen LogP contribution is 2.21. The Kier molecular flexibility index (Phi) is 5.14. The van der Waals surface area contributed by atoms with Crippen LogP contribution in [0.5, 0.6) is 0 Å². The minimum Gasteiger partial charge on any atom is -0.323 e. The molecule has 0 spiro atoms. The fourth-order valence-electron chi connectivity index (χ4n) is 2.20. The molecule has 5 heteroatoms. The SMILES string of the molecule is Cc1cc(C)cc(C(N)CS(=O)c2ccc(F)c(Cl)c2)c1. The van der Waals surface area contributed by atoms with Gasteiger partial charge in [0.15, 0.2) is 0 Å². The van der Waals surface area contributed by atoms with E-state index in [2.05, 4.69) is 6.07 Å². The highest BCUT2D eigenvalue weighted by molar-refractivity contribution is 7.85. The molecule has 0 aliphatic heterocycles. The van der Waals surface area contributed by atoms with Gasteiger partial charge in [0, 0.05) is 16.7 Å². The molecule has 0 saturated heterocycles. The zero-order chi connectivity index (χ0) is 15.6. The molecule has 0 amide bonds. The molecule has 0 aliphatic rings. The Balaban J connectivity index is 2.16.